The maximum atomic E-state index is 12.9. The first-order valence-corrected chi connectivity index (χ1v) is 9.26. The number of hydrogen-bond donors (Lipinski definition) is 0. The average molecular weight is 414 g/mol. The number of piperazine rings is 1. The highest BCUT2D eigenvalue weighted by molar-refractivity contribution is 5.55. The Morgan fingerprint density at radius 3 is 2.57 bits per heavy atom. The number of nitrogens with zero attached hydrogens (tertiary/aromatic N) is 6. The van der Waals surface area contributed by atoms with Gasteiger partial charge in [0.25, 0.3) is 0 Å². The van der Waals surface area contributed by atoms with E-state index in [1.165, 1.54) is 12.1 Å². The lowest BCUT2D eigenvalue weighted by Gasteiger charge is -2.34. The molecule has 1 aliphatic heterocycles. The maximum Gasteiger partial charge on any atom is 0.416 e. The largest absolute Gasteiger partial charge is 0.416 e. The van der Waals surface area contributed by atoms with Crippen molar-refractivity contribution < 1.29 is 17.7 Å². The molecule has 0 atom stereocenters. The van der Waals surface area contributed by atoms with Crippen LogP contribution in [0.5, 0.6) is 0 Å². The van der Waals surface area contributed by atoms with Crippen LogP contribution in [0.2, 0.25) is 0 Å². The molecule has 1 aliphatic rings. The molecule has 30 heavy (non-hydrogen) atoms. The van der Waals surface area contributed by atoms with Crippen LogP contribution in [0.1, 0.15) is 17.0 Å². The molecule has 154 valence electrons. The first kappa shape index (κ1) is 19.8. The number of aromatic nitrogens is 3. The van der Waals surface area contributed by atoms with Gasteiger partial charge in [-0.15, -0.1) is 0 Å². The van der Waals surface area contributed by atoms with E-state index in [1.807, 2.05) is 12.1 Å². The SMILES string of the molecule is N#Cc1ccc(N2CCN(Cc3nc(-c4cccc(C(F)(F)F)c4)no3)CC2)nc1. The zero-order valence-corrected chi connectivity index (χ0v) is 15.8. The van der Waals surface area contributed by atoms with Crippen molar-refractivity contribution >= 4 is 5.82 Å². The Morgan fingerprint density at radius 2 is 1.90 bits per heavy atom. The lowest BCUT2D eigenvalue weighted by molar-refractivity contribution is -0.137. The third-order valence-corrected chi connectivity index (χ3v) is 4.85. The van der Waals surface area contributed by atoms with Gasteiger partial charge in [0, 0.05) is 37.9 Å². The number of anilines is 1. The lowest BCUT2D eigenvalue weighted by atomic mass is 10.1. The Labute approximate surface area is 170 Å². The molecule has 0 aliphatic carbocycles. The standard InChI is InChI=1S/C20H17F3N6O/c21-20(22,23)16-3-1-2-15(10-16)19-26-18(30-27-19)13-28-6-8-29(9-7-28)17-5-4-14(11-24)12-25-17/h1-5,10,12H,6-9,13H2. The molecule has 3 aromatic rings. The molecule has 0 bridgehead atoms. The Hall–Kier alpha value is -3.45. The highest BCUT2D eigenvalue weighted by atomic mass is 19.4. The number of hydrogen-bond acceptors (Lipinski definition) is 7. The van der Waals surface area contributed by atoms with Gasteiger partial charge in [0.05, 0.1) is 17.7 Å². The molecule has 0 amide bonds. The van der Waals surface area contributed by atoms with Crippen LogP contribution in [0.15, 0.2) is 47.1 Å². The molecule has 10 heteroatoms. The van der Waals surface area contributed by atoms with Gasteiger partial charge in [0.1, 0.15) is 11.9 Å². The summed E-state index contributed by atoms with van der Waals surface area (Å²) in [5, 5.41) is 12.7. The van der Waals surface area contributed by atoms with Crippen LogP contribution in [0, 0.1) is 11.3 Å². The van der Waals surface area contributed by atoms with E-state index in [4.69, 9.17) is 9.78 Å². The van der Waals surface area contributed by atoms with E-state index in [0.29, 0.717) is 18.0 Å². The zero-order valence-electron chi connectivity index (χ0n) is 15.8. The van der Waals surface area contributed by atoms with Gasteiger partial charge in [-0.05, 0) is 24.3 Å². The van der Waals surface area contributed by atoms with Gasteiger partial charge in [0.15, 0.2) is 0 Å². The summed E-state index contributed by atoms with van der Waals surface area (Å²) in [7, 11) is 0. The van der Waals surface area contributed by atoms with Crippen LogP contribution in [-0.2, 0) is 12.7 Å². The second-order valence-electron chi connectivity index (χ2n) is 6.87. The van der Waals surface area contributed by atoms with Crippen LogP contribution in [0.25, 0.3) is 11.4 Å². The summed E-state index contributed by atoms with van der Waals surface area (Å²) in [6.45, 7) is 3.38. The molecule has 0 radical (unpaired) electrons. The number of alkyl halides is 3. The molecule has 7 nitrogen and oxygen atoms in total. The first-order valence-electron chi connectivity index (χ1n) is 9.26. The molecule has 2 aromatic heterocycles. The number of benzene rings is 1. The van der Waals surface area contributed by atoms with Gasteiger partial charge in [-0.25, -0.2) is 4.98 Å². The minimum absolute atomic E-state index is 0.136. The van der Waals surface area contributed by atoms with Crippen molar-refractivity contribution in [3.63, 3.8) is 0 Å². The molecular weight excluding hydrogens is 397 g/mol. The zero-order chi connectivity index (χ0) is 21.1. The molecule has 1 fully saturated rings. The van der Waals surface area contributed by atoms with E-state index >= 15 is 0 Å². The van der Waals surface area contributed by atoms with Crippen molar-refractivity contribution in [3.8, 4) is 17.5 Å². The van der Waals surface area contributed by atoms with Gasteiger partial charge < -0.3 is 9.42 Å². The number of nitriles is 1. The fourth-order valence-corrected chi connectivity index (χ4v) is 3.24. The van der Waals surface area contributed by atoms with E-state index in [0.717, 1.165) is 44.1 Å². The third kappa shape index (κ3) is 4.41. The maximum absolute atomic E-state index is 12.9. The summed E-state index contributed by atoms with van der Waals surface area (Å²) >= 11 is 0. The Bertz CT molecular complexity index is 1050. The molecular formula is C20H17F3N6O. The van der Waals surface area contributed by atoms with Gasteiger partial charge in [-0.3, -0.25) is 4.90 Å². The predicted molar refractivity (Wildman–Crippen MR) is 101 cm³/mol. The van der Waals surface area contributed by atoms with E-state index in [9.17, 15) is 13.2 Å². The van der Waals surface area contributed by atoms with E-state index in [2.05, 4.69) is 24.9 Å². The average Bonchev–Trinajstić information content (AvgIpc) is 3.22. The highest BCUT2D eigenvalue weighted by Crippen LogP contribution is 2.31. The smallest absolute Gasteiger partial charge is 0.354 e. The fraction of sp³-hybridized carbons (Fsp3) is 0.300. The molecule has 1 aromatic carbocycles. The Morgan fingerprint density at radius 1 is 1.10 bits per heavy atom. The van der Waals surface area contributed by atoms with Gasteiger partial charge in [0.2, 0.25) is 11.7 Å². The Kier molecular flexibility index (Phi) is 5.37. The van der Waals surface area contributed by atoms with E-state index in [-0.39, 0.29) is 11.4 Å². The quantitative estimate of drug-likeness (QED) is 0.648. The summed E-state index contributed by atoms with van der Waals surface area (Å²) in [4.78, 5) is 12.8. The molecule has 1 saturated heterocycles. The Balaban J connectivity index is 1.36. The number of rotatable bonds is 4. The van der Waals surface area contributed by atoms with Crippen molar-refractivity contribution in [1.29, 1.82) is 5.26 Å². The first-order chi connectivity index (χ1) is 14.4. The minimum Gasteiger partial charge on any atom is -0.354 e. The van der Waals surface area contributed by atoms with Crippen molar-refractivity contribution in [2.75, 3.05) is 31.1 Å². The van der Waals surface area contributed by atoms with Crippen LogP contribution in [0.4, 0.5) is 19.0 Å². The third-order valence-electron chi connectivity index (χ3n) is 4.85. The van der Waals surface area contributed by atoms with Crippen molar-refractivity contribution in [2.45, 2.75) is 12.7 Å². The van der Waals surface area contributed by atoms with Crippen molar-refractivity contribution in [1.82, 2.24) is 20.0 Å². The monoisotopic (exact) mass is 414 g/mol. The van der Waals surface area contributed by atoms with Crippen LogP contribution in [0.3, 0.4) is 0 Å². The topological polar surface area (TPSA) is 82.1 Å². The van der Waals surface area contributed by atoms with Crippen LogP contribution < -0.4 is 4.90 Å². The molecule has 0 N–H and O–H groups in total. The summed E-state index contributed by atoms with van der Waals surface area (Å²) in [6, 6.07) is 10.5. The second kappa shape index (κ2) is 8.12. The van der Waals surface area contributed by atoms with Crippen LogP contribution in [-0.4, -0.2) is 46.2 Å². The molecule has 0 spiro atoms. The lowest BCUT2D eigenvalue weighted by Crippen LogP contribution is -2.46. The number of halogens is 3. The van der Waals surface area contributed by atoms with Gasteiger partial charge >= 0.3 is 6.18 Å². The normalized spacial score (nSPS) is 15.2. The highest BCUT2D eigenvalue weighted by Gasteiger charge is 2.31. The van der Waals surface area contributed by atoms with Gasteiger partial charge in [-0.1, -0.05) is 17.3 Å². The van der Waals surface area contributed by atoms with E-state index < -0.39 is 11.7 Å². The van der Waals surface area contributed by atoms with Crippen molar-refractivity contribution in [3.05, 3.63) is 59.6 Å². The number of pyridine rings is 1. The molecule has 4 rings (SSSR count). The minimum atomic E-state index is -4.42. The molecule has 3 heterocycles. The van der Waals surface area contributed by atoms with Gasteiger partial charge in [-0.2, -0.15) is 23.4 Å². The second-order valence-corrected chi connectivity index (χ2v) is 6.87. The van der Waals surface area contributed by atoms with Crippen molar-refractivity contribution in [2.24, 2.45) is 0 Å². The summed E-state index contributed by atoms with van der Waals surface area (Å²) in [6.07, 6.45) is -2.87. The molecule has 0 unspecified atom stereocenters. The summed E-state index contributed by atoms with van der Waals surface area (Å²) in [5.74, 6) is 1.31. The summed E-state index contributed by atoms with van der Waals surface area (Å²) in [5.41, 5.74) is 0.0285. The molecule has 0 saturated carbocycles. The summed E-state index contributed by atoms with van der Waals surface area (Å²) < 4.78 is 43.9. The van der Waals surface area contributed by atoms with Crippen LogP contribution >= 0.6 is 0 Å². The predicted octanol–water partition coefficient (Wildman–Crippen LogP) is 3.34. The van der Waals surface area contributed by atoms with E-state index in [1.54, 1.807) is 12.3 Å². The fourth-order valence-electron chi connectivity index (χ4n) is 3.24.